The minimum absolute atomic E-state index is 0.0789. The Morgan fingerprint density at radius 3 is 2.00 bits per heavy atom. The van der Waals surface area contributed by atoms with Crippen LogP contribution in [-0.2, 0) is 0 Å². The molecule has 0 saturated heterocycles. The molecule has 5 heteroatoms. The average molecular weight is 291 g/mol. The zero-order valence-electron chi connectivity index (χ0n) is 11.3. The topological polar surface area (TPSA) is 12.0 Å². The molecule has 0 aromatic heterocycles. The molecule has 0 heterocycles. The van der Waals surface area contributed by atoms with Gasteiger partial charge in [0.15, 0.2) is 0 Å². The van der Waals surface area contributed by atoms with Gasteiger partial charge in [0.05, 0.1) is 0 Å². The van der Waals surface area contributed by atoms with Crippen molar-refractivity contribution in [3.05, 3.63) is 24.3 Å². The van der Waals surface area contributed by atoms with Gasteiger partial charge in [0.25, 0.3) is 0 Å². The third-order valence-electron chi connectivity index (χ3n) is 2.73. The summed E-state index contributed by atoms with van der Waals surface area (Å²) in [5.74, 6) is 0. The number of benzene rings is 1. The fourth-order valence-electron chi connectivity index (χ4n) is 1.97. The summed E-state index contributed by atoms with van der Waals surface area (Å²) in [7, 11) is 0. The van der Waals surface area contributed by atoms with Gasteiger partial charge >= 0.3 is 5.51 Å². The smallest absolute Gasteiger partial charge is 0.382 e. The molecular formula is C14H20F3NS. The number of hydrogen-bond acceptors (Lipinski definition) is 2. The van der Waals surface area contributed by atoms with Gasteiger partial charge < -0.3 is 5.32 Å². The lowest BCUT2D eigenvalue weighted by Gasteiger charge is -2.19. The molecule has 0 aliphatic rings. The van der Waals surface area contributed by atoms with E-state index in [9.17, 15) is 13.2 Å². The maximum atomic E-state index is 12.2. The fourth-order valence-corrected chi connectivity index (χ4v) is 2.51. The number of hydrogen-bond donors (Lipinski definition) is 1. The van der Waals surface area contributed by atoms with Crippen molar-refractivity contribution in [2.75, 3.05) is 5.32 Å². The van der Waals surface area contributed by atoms with E-state index in [1.54, 1.807) is 12.1 Å². The molecule has 108 valence electrons. The van der Waals surface area contributed by atoms with E-state index < -0.39 is 5.51 Å². The van der Waals surface area contributed by atoms with Crippen molar-refractivity contribution >= 4 is 17.4 Å². The van der Waals surface area contributed by atoms with E-state index in [0.29, 0.717) is 6.04 Å². The normalized spacial score (nSPS) is 11.9. The predicted molar refractivity (Wildman–Crippen MR) is 75.6 cm³/mol. The molecule has 0 aliphatic heterocycles. The van der Waals surface area contributed by atoms with Crippen LogP contribution in [0.15, 0.2) is 29.2 Å². The summed E-state index contributed by atoms with van der Waals surface area (Å²) in [5, 5.41) is 3.38. The van der Waals surface area contributed by atoms with Crippen molar-refractivity contribution in [3.8, 4) is 0 Å². The molecule has 19 heavy (non-hydrogen) atoms. The fraction of sp³-hybridized carbons (Fsp3) is 0.571. The minimum Gasteiger partial charge on any atom is -0.382 e. The van der Waals surface area contributed by atoms with Crippen LogP contribution in [-0.4, -0.2) is 11.6 Å². The Hall–Kier alpha value is -0.840. The molecule has 1 aromatic rings. The third kappa shape index (κ3) is 6.76. The van der Waals surface area contributed by atoms with Gasteiger partial charge in [0.1, 0.15) is 0 Å². The summed E-state index contributed by atoms with van der Waals surface area (Å²) in [6, 6.07) is 6.85. The van der Waals surface area contributed by atoms with E-state index in [2.05, 4.69) is 19.2 Å². The molecule has 0 amide bonds. The monoisotopic (exact) mass is 291 g/mol. The average Bonchev–Trinajstić information content (AvgIpc) is 2.30. The predicted octanol–water partition coefficient (Wildman–Crippen LogP) is 5.68. The summed E-state index contributed by atoms with van der Waals surface area (Å²) in [6.45, 7) is 4.26. The Bertz CT molecular complexity index is 356. The van der Waals surface area contributed by atoms with E-state index in [1.807, 2.05) is 0 Å². The first-order valence-corrected chi connectivity index (χ1v) is 7.38. The maximum Gasteiger partial charge on any atom is 0.446 e. The number of alkyl halides is 3. The van der Waals surface area contributed by atoms with Gasteiger partial charge in [0.2, 0.25) is 0 Å². The molecule has 1 rings (SSSR count). The first kappa shape index (κ1) is 16.2. The van der Waals surface area contributed by atoms with Gasteiger partial charge in [-0.3, -0.25) is 0 Å². The maximum absolute atomic E-state index is 12.2. The molecule has 0 bridgehead atoms. The number of nitrogens with one attached hydrogen (secondary N) is 1. The number of anilines is 1. The summed E-state index contributed by atoms with van der Waals surface area (Å²) < 4.78 is 36.6. The van der Waals surface area contributed by atoms with Crippen LogP contribution in [0.5, 0.6) is 0 Å². The highest BCUT2D eigenvalue weighted by molar-refractivity contribution is 8.00. The molecule has 0 aliphatic carbocycles. The Balaban J connectivity index is 2.60. The lowest BCUT2D eigenvalue weighted by atomic mass is 10.1. The second kappa shape index (κ2) is 7.68. The van der Waals surface area contributed by atoms with E-state index >= 15 is 0 Å². The van der Waals surface area contributed by atoms with Gasteiger partial charge in [-0.1, -0.05) is 26.7 Å². The van der Waals surface area contributed by atoms with Crippen LogP contribution < -0.4 is 5.32 Å². The summed E-state index contributed by atoms with van der Waals surface area (Å²) in [5.41, 5.74) is -3.33. The molecule has 1 nitrogen and oxygen atoms in total. The second-order valence-electron chi connectivity index (χ2n) is 4.49. The molecule has 1 N–H and O–H groups in total. The van der Waals surface area contributed by atoms with Crippen LogP contribution in [0.1, 0.15) is 39.5 Å². The molecule has 0 fully saturated rings. The second-order valence-corrected chi connectivity index (χ2v) is 5.63. The van der Waals surface area contributed by atoms with Crippen LogP contribution in [0.3, 0.4) is 0 Å². The van der Waals surface area contributed by atoms with Crippen molar-refractivity contribution in [2.45, 2.75) is 56.0 Å². The summed E-state index contributed by atoms with van der Waals surface area (Å²) >= 11 is -0.0789. The number of thioether (sulfide) groups is 1. The molecular weight excluding hydrogens is 271 g/mol. The van der Waals surface area contributed by atoms with Crippen LogP contribution >= 0.6 is 11.8 Å². The molecule has 0 radical (unpaired) electrons. The summed E-state index contributed by atoms with van der Waals surface area (Å²) in [6.07, 6.45) is 4.35. The van der Waals surface area contributed by atoms with Crippen molar-refractivity contribution < 1.29 is 13.2 Å². The first-order chi connectivity index (χ1) is 8.94. The van der Waals surface area contributed by atoms with E-state index in [-0.39, 0.29) is 16.7 Å². The van der Waals surface area contributed by atoms with Crippen LogP contribution in [0.25, 0.3) is 0 Å². The SMILES string of the molecule is CCCC(CCC)Nc1ccc(SC(F)(F)F)cc1. The van der Waals surface area contributed by atoms with Crippen LogP contribution in [0, 0.1) is 0 Å². The number of rotatable bonds is 7. The van der Waals surface area contributed by atoms with Gasteiger partial charge in [-0.05, 0) is 48.9 Å². The zero-order chi connectivity index (χ0) is 14.3. The molecule has 0 unspecified atom stereocenters. The van der Waals surface area contributed by atoms with Crippen molar-refractivity contribution in [3.63, 3.8) is 0 Å². The summed E-state index contributed by atoms with van der Waals surface area (Å²) in [4.78, 5) is 0.223. The van der Waals surface area contributed by atoms with Crippen molar-refractivity contribution in [1.82, 2.24) is 0 Å². The molecule has 0 spiro atoms. The van der Waals surface area contributed by atoms with E-state index in [0.717, 1.165) is 31.4 Å². The third-order valence-corrected chi connectivity index (χ3v) is 3.47. The van der Waals surface area contributed by atoms with Gasteiger partial charge in [-0.2, -0.15) is 13.2 Å². The highest BCUT2D eigenvalue weighted by Crippen LogP contribution is 2.37. The Kier molecular flexibility index (Phi) is 6.55. The van der Waals surface area contributed by atoms with Crippen molar-refractivity contribution in [2.24, 2.45) is 0 Å². The van der Waals surface area contributed by atoms with Gasteiger partial charge in [-0.25, -0.2) is 0 Å². The standard InChI is InChI=1S/C14H20F3NS/c1-3-5-11(6-4-2)18-12-7-9-13(10-8-12)19-14(15,16)17/h7-11,18H,3-6H2,1-2H3. The molecule has 0 atom stereocenters. The Labute approximate surface area is 117 Å². The highest BCUT2D eigenvalue weighted by Gasteiger charge is 2.28. The first-order valence-electron chi connectivity index (χ1n) is 6.57. The van der Waals surface area contributed by atoms with Crippen LogP contribution in [0.4, 0.5) is 18.9 Å². The van der Waals surface area contributed by atoms with Gasteiger partial charge in [-0.15, -0.1) is 0 Å². The largest absolute Gasteiger partial charge is 0.446 e. The lowest BCUT2D eigenvalue weighted by molar-refractivity contribution is -0.0328. The molecule has 1 aromatic carbocycles. The van der Waals surface area contributed by atoms with E-state index in [4.69, 9.17) is 0 Å². The lowest BCUT2D eigenvalue weighted by Crippen LogP contribution is -2.18. The Morgan fingerprint density at radius 1 is 1.05 bits per heavy atom. The minimum atomic E-state index is -4.22. The zero-order valence-corrected chi connectivity index (χ0v) is 12.1. The van der Waals surface area contributed by atoms with E-state index in [1.165, 1.54) is 12.1 Å². The number of halogens is 3. The Morgan fingerprint density at radius 2 is 1.58 bits per heavy atom. The van der Waals surface area contributed by atoms with Crippen LogP contribution in [0.2, 0.25) is 0 Å². The quantitative estimate of drug-likeness (QED) is 0.649. The van der Waals surface area contributed by atoms with Gasteiger partial charge in [0, 0.05) is 16.6 Å². The highest BCUT2D eigenvalue weighted by atomic mass is 32.2. The van der Waals surface area contributed by atoms with Crippen molar-refractivity contribution in [1.29, 1.82) is 0 Å². The molecule has 0 saturated carbocycles.